The van der Waals surface area contributed by atoms with E-state index in [1.165, 1.54) is 7.11 Å². The third-order valence-electron chi connectivity index (χ3n) is 2.58. The maximum atomic E-state index is 11.4. The Morgan fingerprint density at radius 3 is 2.69 bits per heavy atom. The molecule has 1 saturated heterocycles. The zero-order valence-electron chi connectivity index (χ0n) is 9.69. The Kier molecular flexibility index (Phi) is 5.21. The lowest BCUT2D eigenvalue weighted by molar-refractivity contribution is -0.152. The molecule has 1 N–H and O–H groups in total. The van der Waals surface area contributed by atoms with Gasteiger partial charge in [0.25, 0.3) is 0 Å². The van der Waals surface area contributed by atoms with E-state index in [0.29, 0.717) is 13.2 Å². The van der Waals surface area contributed by atoms with Crippen LogP contribution in [0.4, 0.5) is 0 Å². The highest BCUT2D eigenvalue weighted by Gasteiger charge is 2.35. The summed E-state index contributed by atoms with van der Waals surface area (Å²) < 4.78 is 9.44. The Morgan fingerprint density at radius 2 is 2.19 bits per heavy atom. The molecule has 16 heavy (non-hydrogen) atoms. The minimum absolute atomic E-state index is 0.0920. The van der Waals surface area contributed by atoms with Crippen LogP contribution in [0.1, 0.15) is 6.42 Å². The fourth-order valence-corrected chi connectivity index (χ4v) is 1.57. The number of hydrogen-bond donors (Lipinski definition) is 1. The van der Waals surface area contributed by atoms with Gasteiger partial charge in [-0.25, -0.2) is 0 Å². The average Bonchev–Trinajstić information content (AvgIpc) is 2.24. The van der Waals surface area contributed by atoms with Crippen molar-refractivity contribution in [2.45, 2.75) is 12.5 Å². The van der Waals surface area contributed by atoms with E-state index >= 15 is 0 Å². The molecule has 0 radical (unpaired) electrons. The molecule has 1 amide bonds. The first-order valence-electron chi connectivity index (χ1n) is 5.26. The summed E-state index contributed by atoms with van der Waals surface area (Å²) in [5, 5.41) is 2.70. The van der Waals surface area contributed by atoms with Crippen LogP contribution in [0, 0.1) is 0 Å². The van der Waals surface area contributed by atoms with E-state index in [9.17, 15) is 9.59 Å². The predicted molar refractivity (Wildman–Crippen MR) is 56.9 cm³/mol. The Labute approximate surface area is 94.9 Å². The van der Waals surface area contributed by atoms with Crippen molar-refractivity contribution in [2.24, 2.45) is 0 Å². The van der Waals surface area contributed by atoms with Gasteiger partial charge in [0.15, 0.2) is 0 Å². The Morgan fingerprint density at radius 1 is 1.44 bits per heavy atom. The fourth-order valence-electron chi connectivity index (χ4n) is 1.57. The number of esters is 1. The first kappa shape index (κ1) is 12.9. The zero-order valence-corrected chi connectivity index (χ0v) is 9.69. The van der Waals surface area contributed by atoms with Crippen molar-refractivity contribution < 1.29 is 19.1 Å². The van der Waals surface area contributed by atoms with Crippen LogP contribution in [-0.2, 0) is 19.1 Å². The molecule has 0 aromatic heterocycles. The molecule has 1 aliphatic heterocycles. The first-order valence-corrected chi connectivity index (χ1v) is 5.26. The summed E-state index contributed by atoms with van der Waals surface area (Å²) >= 11 is 0. The highest BCUT2D eigenvalue weighted by atomic mass is 16.5. The van der Waals surface area contributed by atoms with Gasteiger partial charge in [0.2, 0.25) is 5.91 Å². The molecule has 6 heteroatoms. The van der Waals surface area contributed by atoms with Gasteiger partial charge in [-0.15, -0.1) is 0 Å². The molecule has 0 saturated carbocycles. The van der Waals surface area contributed by atoms with Crippen molar-refractivity contribution >= 4 is 11.9 Å². The zero-order chi connectivity index (χ0) is 12.0. The van der Waals surface area contributed by atoms with Crippen LogP contribution in [0.2, 0.25) is 0 Å². The van der Waals surface area contributed by atoms with Gasteiger partial charge >= 0.3 is 5.97 Å². The summed E-state index contributed by atoms with van der Waals surface area (Å²) in [5.41, 5.74) is 0. The largest absolute Gasteiger partial charge is 0.468 e. The maximum absolute atomic E-state index is 11.4. The second kappa shape index (κ2) is 6.44. The number of likely N-dealkylation sites (tertiary alicyclic amines) is 1. The van der Waals surface area contributed by atoms with Crippen molar-refractivity contribution in [1.29, 1.82) is 0 Å². The third kappa shape index (κ3) is 3.46. The van der Waals surface area contributed by atoms with Gasteiger partial charge in [0, 0.05) is 20.2 Å². The number of nitrogens with one attached hydrogen (secondary N) is 1. The van der Waals surface area contributed by atoms with E-state index in [1.807, 2.05) is 0 Å². The van der Waals surface area contributed by atoms with E-state index in [0.717, 1.165) is 13.0 Å². The summed E-state index contributed by atoms with van der Waals surface area (Å²) in [7, 11) is 2.94. The average molecular weight is 230 g/mol. The second-order valence-electron chi connectivity index (χ2n) is 3.64. The molecule has 1 rings (SSSR count). The predicted octanol–water partition coefficient (Wildman–Crippen LogP) is -1.00. The van der Waals surface area contributed by atoms with Crippen molar-refractivity contribution in [3.8, 4) is 0 Å². The second-order valence-corrected chi connectivity index (χ2v) is 3.64. The summed E-state index contributed by atoms with van der Waals surface area (Å²) in [6, 6.07) is -0.252. The van der Waals surface area contributed by atoms with Crippen molar-refractivity contribution in [2.75, 3.05) is 40.5 Å². The lowest BCUT2D eigenvalue weighted by atomic mass is 10.0. The van der Waals surface area contributed by atoms with Gasteiger partial charge in [-0.05, 0) is 6.42 Å². The number of methoxy groups -OCH3 is 2. The molecule has 6 nitrogen and oxygen atoms in total. The van der Waals surface area contributed by atoms with E-state index in [4.69, 9.17) is 4.74 Å². The first-order chi connectivity index (χ1) is 7.69. The molecule has 1 atom stereocenters. The molecule has 1 fully saturated rings. The van der Waals surface area contributed by atoms with Gasteiger partial charge in [0.1, 0.15) is 6.04 Å². The minimum Gasteiger partial charge on any atom is -0.468 e. The standard InChI is InChI=1S/C10H18N2O4/c1-15-6-4-11-9(13)7-12-5-3-8(12)10(14)16-2/h8H,3-7H2,1-2H3,(H,11,13). The number of amides is 1. The lowest BCUT2D eigenvalue weighted by Crippen LogP contribution is -2.55. The van der Waals surface area contributed by atoms with Crippen LogP contribution >= 0.6 is 0 Å². The molecule has 0 spiro atoms. The molecule has 92 valence electrons. The van der Waals surface area contributed by atoms with E-state index in [1.54, 1.807) is 12.0 Å². The normalized spacial score (nSPS) is 20.0. The van der Waals surface area contributed by atoms with Gasteiger partial charge in [-0.3, -0.25) is 14.5 Å². The maximum Gasteiger partial charge on any atom is 0.323 e. The Balaban J connectivity index is 2.21. The highest BCUT2D eigenvalue weighted by molar-refractivity contribution is 5.81. The van der Waals surface area contributed by atoms with Gasteiger partial charge in [-0.1, -0.05) is 0 Å². The molecular weight excluding hydrogens is 212 g/mol. The molecule has 0 aromatic carbocycles. The van der Waals surface area contributed by atoms with Crippen LogP contribution in [0.3, 0.4) is 0 Å². The quantitative estimate of drug-likeness (QED) is 0.468. The molecule has 1 unspecified atom stereocenters. The van der Waals surface area contributed by atoms with Gasteiger partial charge in [0.05, 0.1) is 20.3 Å². The lowest BCUT2D eigenvalue weighted by Gasteiger charge is -2.37. The summed E-state index contributed by atoms with van der Waals surface area (Å²) in [6.07, 6.45) is 0.762. The topological polar surface area (TPSA) is 67.9 Å². The van der Waals surface area contributed by atoms with E-state index in [-0.39, 0.29) is 24.5 Å². The van der Waals surface area contributed by atoms with Crippen molar-refractivity contribution in [3.63, 3.8) is 0 Å². The molecule has 0 aliphatic carbocycles. The summed E-state index contributed by atoms with van der Waals surface area (Å²) in [4.78, 5) is 24.4. The monoisotopic (exact) mass is 230 g/mol. The van der Waals surface area contributed by atoms with E-state index < -0.39 is 0 Å². The number of nitrogens with zero attached hydrogens (tertiary/aromatic N) is 1. The number of carbonyl (C=O) groups excluding carboxylic acids is 2. The number of ether oxygens (including phenoxy) is 2. The van der Waals surface area contributed by atoms with Crippen LogP contribution < -0.4 is 5.32 Å². The molecule has 1 heterocycles. The summed E-state index contributed by atoms with van der Waals surface area (Å²) in [6.45, 7) is 1.99. The number of hydrogen-bond acceptors (Lipinski definition) is 5. The molecule has 1 aliphatic rings. The Hall–Kier alpha value is -1.14. The molecular formula is C10H18N2O4. The highest BCUT2D eigenvalue weighted by Crippen LogP contribution is 2.17. The fraction of sp³-hybridized carbons (Fsp3) is 0.800. The van der Waals surface area contributed by atoms with Crippen LogP contribution in [0.5, 0.6) is 0 Å². The van der Waals surface area contributed by atoms with Crippen LogP contribution in [-0.4, -0.2) is 63.3 Å². The smallest absolute Gasteiger partial charge is 0.323 e. The van der Waals surface area contributed by atoms with E-state index in [2.05, 4.69) is 10.1 Å². The van der Waals surface area contributed by atoms with Crippen molar-refractivity contribution in [3.05, 3.63) is 0 Å². The number of rotatable bonds is 6. The van der Waals surface area contributed by atoms with Gasteiger partial charge in [-0.2, -0.15) is 0 Å². The summed E-state index contributed by atoms with van der Waals surface area (Å²) in [5.74, 6) is -0.360. The third-order valence-corrected chi connectivity index (χ3v) is 2.58. The van der Waals surface area contributed by atoms with Crippen LogP contribution in [0.25, 0.3) is 0 Å². The molecule has 0 aromatic rings. The molecule has 0 bridgehead atoms. The Bertz CT molecular complexity index is 257. The SMILES string of the molecule is COCCNC(=O)CN1CCC1C(=O)OC. The van der Waals surface area contributed by atoms with Gasteiger partial charge < -0.3 is 14.8 Å². The van der Waals surface area contributed by atoms with Crippen molar-refractivity contribution in [1.82, 2.24) is 10.2 Å². The minimum atomic E-state index is -0.268. The number of carbonyl (C=O) groups is 2. The van der Waals surface area contributed by atoms with Crippen LogP contribution in [0.15, 0.2) is 0 Å².